The van der Waals surface area contributed by atoms with Crippen LogP contribution in [0, 0.1) is 0 Å². The lowest BCUT2D eigenvalue weighted by Gasteiger charge is -2.09. The van der Waals surface area contributed by atoms with Gasteiger partial charge in [-0.15, -0.1) is 11.3 Å². The standard InChI is InChI=1S/C9H16N2S/c1-4-8-5-6-9(12-8)7-10-11(2)3/h5-6,10H,4,7H2,1-3H3. The van der Waals surface area contributed by atoms with E-state index >= 15 is 0 Å². The summed E-state index contributed by atoms with van der Waals surface area (Å²) < 4.78 is 0. The zero-order chi connectivity index (χ0) is 8.97. The highest BCUT2D eigenvalue weighted by Gasteiger charge is 1.97. The van der Waals surface area contributed by atoms with Crippen LogP contribution < -0.4 is 5.43 Å². The van der Waals surface area contributed by atoms with Gasteiger partial charge < -0.3 is 0 Å². The van der Waals surface area contributed by atoms with Crippen LogP contribution in [0.25, 0.3) is 0 Å². The van der Waals surface area contributed by atoms with Gasteiger partial charge in [0, 0.05) is 30.4 Å². The van der Waals surface area contributed by atoms with Crippen molar-refractivity contribution in [2.75, 3.05) is 14.1 Å². The smallest absolute Gasteiger partial charge is 0.0447 e. The van der Waals surface area contributed by atoms with Crippen molar-refractivity contribution in [2.24, 2.45) is 0 Å². The molecule has 0 fully saturated rings. The van der Waals surface area contributed by atoms with Crippen molar-refractivity contribution >= 4 is 11.3 Å². The van der Waals surface area contributed by atoms with Crippen LogP contribution in [0.15, 0.2) is 12.1 Å². The van der Waals surface area contributed by atoms with E-state index in [0.29, 0.717) is 0 Å². The molecule has 1 aromatic rings. The summed E-state index contributed by atoms with van der Waals surface area (Å²) >= 11 is 1.89. The van der Waals surface area contributed by atoms with E-state index < -0.39 is 0 Å². The molecule has 1 aromatic heterocycles. The van der Waals surface area contributed by atoms with Crippen LogP contribution in [0.4, 0.5) is 0 Å². The summed E-state index contributed by atoms with van der Waals surface area (Å²) in [5.41, 5.74) is 3.24. The van der Waals surface area contributed by atoms with Gasteiger partial charge in [-0.25, -0.2) is 0 Å². The predicted molar refractivity (Wildman–Crippen MR) is 54.2 cm³/mol. The van der Waals surface area contributed by atoms with Crippen molar-refractivity contribution in [2.45, 2.75) is 19.9 Å². The second-order valence-corrected chi connectivity index (χ2v) is 4.20. The molecule has 2 nitrogen and oxygen atoms in total. The fraction of sp³-hybridized carbons (Fsp3) is 0.556. The fourth-order valence-electron chi connectivity index (χ4n) is 0.943. The van der Waals surface area contributed by atoms with E-state index in [1.165, 1.54) is 9.75 Å². The van der Waals surface area contributed by atoms with Gasteiger partial charge in [0.25, 0.3) is 0 Å². The average molecular weight is 184 g/mol. The van der Waals surface area contributed by atoms with Gasteiger partial charge in [0.2, 0.25) is 0 Å². The molecule has 0 aromatic carbocycles. The first-order chi connectivity index (χ1) is 5.72. The topological polar surface area (TPSA) is 15.3 Å². The maximum Gasteiger partial charge on any atom is 0.0447 e. The highest BCUT2D eigenvalue weighted by atomic mass is 32.1. The van der Waals surface area contributed by atoms with Gasteiger partial charge in [-0.1, -0.05) is 6.92 Å². The summed E-state index contributed by atoms with van der Waals surface area (Å²) in [6.07, 6.45) is 1.15. The summed E-state index contributed by atoms with van der Waals surface area (Å²) in [5, 5.41) is 1.98. The first-order valence-electron chi connectivity index (χ1n) is 4.20. The van der Waals surface area contributed by atoms with Crippen LogP contribution in [0.2, 0.25) is 0 Å². The molecule has 0 saturated carbocycles. The molecule has 0 aliphatic carbocycles. The Balaban J connectivity index is 2.41. The van der Waals surface area contributed by atoms with Crippen LogP contribution >= 0.6 is 11.3 Å². The number of nitrogens with zero attached hydrogens (tertiary/aromatic N) is 1. The van der Waals surface area contributed by atoms with Gasteiger partial charge >= 0.3 is 0 Å². The van der Waals surface area contributed by atoms with Crippen molar-refractivity contribution in [3.05, 3.63) is 21.9 Å². The molecule has 1 N–H and O–H groups in total. The van der Waals surface area contributed by atoms with E-state index in [1.54, 1.807) is 0 Å². The molecule has 0 saturated heterocycles. The molecule has 68 valence electrons. The second kappa shape index (κ2) is 4.60. The Bertz CT molecular complexity index is 230. The highest BCUT2D eigenvalue weighted by Crippen LogP contribution is 2.16. The van der Waals surface area contributed by atoms with Crippen LogP contribution in [0.1, 0.15) is 16.7 Å². The molecule has 0 aliphatic heterocycles. The minimum absolute atomic E-state index is 0.942. The summed E-state index contributed by atoms with van der Waals surface area (Å²) in [7, 11) is 4.02. The minimum atomic E-state index is 0.942. The van der Waals surface area contributed by atoms with E-state index in [9.17, 15) is 0 Å². The predicted octanol–water partition coefficient (Wildman–Crippen LogP) is 1.88. The van der Waals surface area contributed by atoms with E-state index in [2.05, 4.69) is 24.5 Å². The fourth-order valence-corrected chi connectivity index (χ4v) is 1.83. The first-order valence-corrected chi connectivity index (χ1v) is 5.02. The molecular formula is C9H16N2S. The molecule has 0 amide bonds. The monoisotopic (exact) mass is 184 g/mol. The number of hydrogen-bond acceptors (Lipinski definition) is 3. The molecule has 1 heterocycles. The van der Waals surface area contributed by atoms with E-state index in [0.717, 1.165) is 13.0 Å². The number of thiophene rings is 1. The van der Waals surface area contributed by atoms with Crippen molar-refractivity contribution in [3.8, 4) is 0 Å². The molecule has 0 unspecified atom stereocenters. The van der Waals surface area contributed by atoms with Crippen LogP contribution in [0.5, 0.6) is 0 Å². The van der Waals surface area contributed by atoms with Crippen LogP contribution in [-0.2, 0) is 13.0 Å². The SMILES string of the molecule is CCc1ccc(CNN(C)C)s1. The maximum atomic E-state index is 3.24. The minimum Gasteiger partial charge on any atom is -0.250 e. The zero-order valence-corrected chi connectivity index (χ0v) is 8.74. The summed E-state index contributed by atoms with van der Waals surface area (Å²) in [6, 6.07) is 4.40. The van der Waals surface area contributed by atoms with Gasteiger partial charge in [-0.3, -0.25) is 10.4 Å². The number of aryl methyl sites for hydroxylation is 1. The second-order valence-electron chi connectivity index (χ2n) is 2.95. The Labute approximate surface area is 78.2 Å². The van der Waals surface area contributed by atoms with E-state index in [4.69, 9.17) is 0 Å². The average Bonchev–Trinajstić information content (AvgIpc) is 2.48. The van der Waals surface area contributed by atoms with Crippen molar-refractivity contribution < 1.29 is 0 Å². The third-order valence-electron chi connectivity index (χ3n) is 1.64. The Morgan fingerprint density at radius 1 is 1.33 bits per heavy atom. The van der Waals surface area contributed by atoms with Crippen LogP contribution in [-0.4, -0.2) is 19.1 Å². The van der Waals surface area contributed by atoms with Crippen molar-refractivity contribution in [1.82, 2.24) is 10.4 Å². The van der Waals surface area contributed by atoms with Gasteiger partial charge in [-0.05, 0) is 18.6 Å². The van der Waals surface area contributed by atoms with E-state index in [1.807, 2.05) is 30.4 Å². The molecule has 0 radical (unpaired) electrons. The van der Waals surface area contributed by atoms with Gasteiger partial charge in [0.15, 0.2) is 0 Å². The largest absolute Gasteiger partial charge is 0.250 e. The number of nitrogens with one attached hydrogen (secondary N) is 1. The maximum absolute atomic E-state index is 3.24. The Kier molecular flexibility index (Phi) is 3.72. The van der Waals surface area contributed by atoms with E-state index in [-0.39, 0.29) is 0 Å². The third kappa shape index (κ3) is 2.93. The summed E-state index contributed by atoms with van der Waals surface area (Å²) in [6.45, 7) is 3.13. The normalized spacial score (nSPS) is 11.0. The molecule has 12 heavy (non-hydrogen) atoms. The lowest BCUT2D eigenvalue weighted by Crippen LogP contribution is -2.29. The number of rotatable bonds is 4. The third-order valence-corrected chi connectivity index (χ3v) is 2.86. The van der Waals surface area contributed by atoms with Gasteiger partial charge in [0.05, 0.1) is 0 Å². The number of hydrazine groups is 1. The highest BCUT2D eigenvalue weighted by molar-refractivity contribution is 7.11. The molecular weight excluding hydrogens is 168 g/mol. The molecule has 0 bridgehead atoms. The molecule has 0 aliphatic rings. The quantitative estimate of drug-likeness (QED) is 0.719. The summed E-state index contributed by atoms with van der Waals surface area (Å²) in [5.74, 6) is 0. The Hall–Kier alpha value is -0.380. The molecule has 1 rings (SSSR count). The molecule has 0 spiro atoms. The van der Waals surface area contributed by atoms with Gasteiger partial charge in [-0.2, -0.15) is 0 Å². The Morgan fingerprint density at radius 2 is 2.00 bits per heavy atom. The molecule has 0 atom stereocenters. The Morgan fingerprint density at radius 3 is 2.50 bits per heavy atom. The van der Waals surface area contributed by atoms with Gasteiger partial charge in [0.1, 0.15) is 0 Å². The first kappa shape index (κ1) is 9.71. The van der Waals surface area contributed by atoms with Crippen molar-refractivity contribution in [1.29, 1.82) is 0 Å². The lowest BCUT2D eigenvalue weighted by molar-refractivity contribution is 0.287. The molecule has 3 heteroatoms. The zero-order valence-electron chi connectivity index (χ0n) is 7.92. The van der Waals surface area contributed by atoms with Crippen LogP contribution in [0.3, 0.4) is 0 Å². The summed E-state index contributed by atoms with van der Waals surface area (Å²) in [4.78, 5) is 2.87. The lowest BCUT2D eigenvalue weighted by atomic mass is 10.4. The van der Waals surface area contributed by atoms with Crippen molar-refractivity contribution in [3.63, 3.8) is 0 Å². The number of hydrogen-bond donors (Lipinski definition) is 1.